The Kier molecular flexibility index (Phi) is 5.58. The summed E-state index contributed by atoms with van der Waals surface area (Å²) in [5, 5.41) is 22.6. The lowest BCUT2D eigenvalue weighted by Gasteiger charge is -2.31. The first-order valence-electron chi connectivity index (χ1n) is 8.95. The minimum Gasteiger partial charge on any atom is -0.478 e. The summed E-state index contributed by atoms with van der Waals surface area (Å²) in [5.41, 5.74) is 1.80. The number of carbonyl (C=O) groups is 3. The fraction of sp³-hybridized carbons (Fsp3) is 0.250. The lowest BCUT2D eigenvalue weighted by atomic mass is 9.97. The molecule has 1 aliphatic heterocycles. The first-order valence-corrected chi connectivity index (χ1v) is 8.95. The van der Waals surface area contributed by atoms with Gasteiger partial charge in [-0.2, -0.15) is 0 Å². The van der Waals surface area contributed by atoms with Crippen LogP contribution in [-0.2, 0) is 17.8 Å². The second kappa shape index (κ2) is 8.09. The van der Waals surface area contributed by atoms with Gasteiger partial charge in [0.1, 0.15) is 6.04 Å². The highest BCUT2D eigenvalue weighted by Gasteiger charge is 2.26. The van der Waals surface area contributed by atoms with Gasteiger partial charge in [0.15, 0.2) is 0 Å². The predicted octanol–water partition coefficient (Wildman–Crippen LogP) is 2.00. The molecule has 1 aliphatic rings. The number of fused-ring (bicyclic) bond motifs is 1. The first kappa shape index (κ1) is 20.0. The number of benzene rings is 2. The molecule has 2 aromatic rings. The number of nitro benzene ring substituents is 1. The van der Waals surface area contributed by atoms with Crippen molar-refractivity contribution in [1.29, 1.82) is 0 Å². The average molecular weight is 397 g/mol. The van der Waals surface area contributed by atoms with Crippen molar-refractivity contribution >= 4 is 23.5 Å². The van der Waals surface area contributed by atoms with Gasteiger partial charge in [0, 0.05) is 30.8 Å². The maximum atomic E-state index is 12.8. The van der Waals surface area contributed by atoms with Crippen LogP contribution in [0.2, 0.25) is 0 Å². The van der Waals surface area contributed by atoms with Crippen molar-refractivity contribution in [2.75, 3.05) is 6.54 Å². The Morgan fingerprint density at radius 1 is 1.14 bits per heavy atom. The molecular formula is C20H19N3O6. The van der Waals surface area contributed by atoms with E-state index in [1.807, 2.05) is 0 Å². The van der Waals surface area contributed by atoms with Gasteiger partial charge >= 0.3 is 5.97 Å². The minimum atomic E-state index is -1.03. The lowest BCUT2D eigenvalue weighted by Crippen LogP contribution is -2.48. The van der Waals surface area contributed by atoms with Gasteiger partial charge in [0.25, 0.3) is 11.6 Å². The Morgan fingerprint density at radius 2 is 1.90 bits per heavy atom. The van der Waals surface area contributed by atoms with E-state index < -0.39 is 22.8 Å². The third kappa shape index (κ3) is 4.40. The number of carbonyl (C=O) groups excluding carboxylic acids is 2. The molecule has 0 aliphatic carbocycles. The zero-order valence-corrected chi connectivity index (χ0v) is 15.6. The van der Waals surface area contributed by atoms with E-state index in [-0.39, 0.29) is 29.3 Å². The zero-order valence-electron chi connectivity index (χ0n) is 15.6. The number of nitrogens with zero attached hydrogens (tertiary/aromatic N) is 2. The van der Waals surface area contributed by atoms with Crippen LogP contribution in [0.3, 0.4) is 0 Å². The van der Waals surface area contributed by atoms with Gasteiger partial charge < -0.3 is 15.3 Å². The summed E-state index contributed by atoms with van der Waals surface area (Å²) in [5.74, 6) is -1.93. The van der Waals surface area contributed by atoms with Crippen molar-refractivity contribution in [1.82, 2.24) is 10.2 Å². The van der Waals surface area contributed by atoms with Crippen LogP contribution in [0.5, 0.6) is 0 Å². The van der Waals surface area contributed by atoms with Crippen molar-refractivity contribution in [2.24, 2.45) is 0 Å². The van der Waals surface area contributed by atoms with E-state index in [1.165, 1.54) is 18.2 Å². The molecule has 29 heavy (non-hydrogen) atoms. The number of rotatable bonds is 5. The van der Waals surface area contributed by atoms with Gasteiger partial charge in [-0.3, -0.25) is 19.7 Å². The molecule has 150 valence electrons. The molecule has 3 rings (SSSR count). The number of nitrogens with one attached hydrogen (secondary N) is 1. The zero-order chi connectivity index (χ0) is 21.1. The fourth-order valence-electron chi connectivity index (χ4n) is 3.25. The van der Waals surface area contributed by atoms with Crippen molar-refractivity contribution in [2.45, 2.75) is 25.9 Å². The number of non-ortho nitro benzene ring substituents is 1. The number of hydrogen-bond acceptors (Lipinski definition) is 5. The summed E-state index contributed by atoms with van der Waals surface area (Å²) in [6.07, 6.45) is 0.590. The molecule has 0 fully saturated rings. The van der Waals surface area contributed by atoms with Crippen LogP contribution in [0.15, 0.2) is 42.5 Å². The van der Waals surface area contributed by atoms with E-state index in [9.17, 15) is 24.5 Å². The number of carboxylic acid groups (broad SMARTS) is 1. The monoisotopic (exact) mass is 397 g/mol. The largest absolute Gasteiger partial charge is 0.478 e. The summed E-state index contributed by atoms with van der Waals surface area (Å²) in [7, 11) is 0. The van der Waals surface area contributed by atoms with Gasteiger partial charge in [-0.1, -0.05) is 12.1 Å². The Balaban J connectivity index is 1.68. The van der Waals surface area contributed by atoms with Crippen LogP contribution in [0.4, 0.5) is 5.69 Å². The minimum absolute atomic E-state index is 0.0916. The van der Waals surface area contributed by atoms with Gasteiger partial charge in [0.05, 0.1) is 10.5 Å². The molecule has 1 atom stereocenters. The summed E-state index contributed by atoms with van der Waals surface area (Å²) in [6.45, 7) is 2.25. The fourth-order valence-corrected chi connectivity index (χ4v) is 3.25. The summed E-state index contributed by atoms with van der Waals surface area (Å²) in [4.78, 5) is 48.1. The molecule has 0 saturated heterocycles. The highest BCUT2D eigenvalue weighted by molar-refractivity contribution is 5.98. The maximum absolute atomic E-state index is 12.8. The number of carboxylic acids is 1. The molecule has 1 unspecified atom stereocenters. The van der Waals surface area contributed by atoms with E-state index in [0.29, 0.717) is 13.0 Å². The van der Waals surface area contributed by atoms with Gasteiger partial charge in [-0.05, 0) is 42.7 Å². The smallest absolute Gasteiger partial charge is 0.335 e. The van der Waals surface area contributed by atoms with Crippen molar-refractivity contribution in [3.63, 3.8) is 0 Å². The normalized spacial score (nSPS) is 13.9. The number of hydrogen-bond donors (Lipinski definition) is 2. The molecule has 0 saturated carbocycles. The van der Waals surface area contributed by atoms with Crippen molar-refractivity contribution in [3.8, 4) is 0 Å². The Morgan fingerprint density at radius 3 is 2.59 bits per heavy atom. The van der Waals surface area contributed by atoms with Crippen LogP contribution in [0, 0.1) is 10.1 Å². The number of amides is 2. The first-order chi connectivity index (χ1) is 13.8. The molecule has 9 heteroatoms. The SMILES string of the molecule is CC(NC(=O)c1cccc([N+](=O)[O-])c1)C(=O)N1CCc2ccc(C(=O)O)cc2C1. The molecule has 1 heterocycles. The van der Waals surface area contributed by atoms with E-state index >= 15 is 0 Å². The van der Waals surface area contributed by atoms with E-state index in [2.05, 4.69) is 5.32 Å². The van der Waals surface area contributed by atoms with Crippen LogP contribution in [0.25, 0.3) is 0 Å². The van der Waals surface area contributed by atoms with Crippen LogP contribution in [-0.4, -0.2) is 45.3 Å². The van der Waals surface area contributed by atoms with E-state index in [1.54, 1.807) is 30.0 Å². The van der Waals surface area contributed by atoms with Crippen molar-refractivity contribution < 1.29 is 24.4 Å². The van der Waals surface area contributed by atoms with Crippen molar-refractivity contribution in [3.05, 3.63) is 74.8 Å². The number of nitro groups is 1. The third-order valence-electron chi connectivity index (χ3n) is 4.81. The van der Waals surface area contributed by atoms with E-state index in [0.717, 1.165) is 17.2 Å². The molecule has 2 N–H and O–H groups in total. The number of aromatic carboxylic acids is 1. The summed E-state index contributed by atoms with van der Waals surface area (Å²) < 4.78 is 0. The van der Waals surface area contributed by atoms with Gasteiger partial charge in [0.2, 0.25) is 5.91 Å². The topological polar surface area (TPSA) is 130 Å². The van der Waals surface area contributed by atoms with Crippen LogP contribution in [0.1, 0.15) is 38.8 Å². The summed E-state index contributed by atoms with van der Waals surface area (Å²) >= 11 is 0. The van der Waals surface area contributed by atoms with E-state index in [4.69, 9.17) is 5.11 Å². The summed E-state index contributed by atoms with van der Waals surface area (Å²) in [6, 6.07) is 9.29. The maximum Gasteiger partial charge on any atom is 0.335 e. The highest BCUT2D eigenvalue weighted by atomic mass is 16.6. The molecule has 0 spiro atoms. The lowest BCUT2D eigenvalue weighted by molar-refractivity contribution is -0.384. The molecule has 0 aromatic heterocycles. The molecular weight excluding hydrogens is 378 g/mol. The van der Waals surface area contributed by atoms with Crippen LogP contribution < -0.4 is 5.32 Å². The quantitative estimate of drug-likeness (QED) is 0.586. The second-order valence-corrected chi connectivity index (χ2v) is 6.80. The molecule has 0 bridgehead atoms. The Bertz CT molecular complexity index is 1000. The Labute approximate surface area is 166 Å². The molecule has 2 amide bonds. The van der Waals surface area contributed by atoms with Gasteiger partial charge in [-0.25, -0.2) is 4.79 Å². The average Bonchev–Trinajstić information content (AvgIpc) is 2.72. The van der Waals surface area contributed by atoms with Gasteiger partial charge in [-0.15, -0.1) is 0 Å². The molecule has 2 aromatic carbocycles. The third-order valence-corrected chi connectivity index (χ3v) is 4.81. The predicted molar refractivity (Wildman–Crippen MR) is 103 cm³/mol. The molecule has 0 radical (unpaired) electrons. The highest BCUT2D eigenvalue weighted by Crippen LogP contribution is 2.21. The molecule has 9 nitrogen and oxygen atoms in total. The standard InChI is InChI=1S/C20H19N3O6/c1-12(21-18(24)14-3-2-4-17(10-14)23(28)29)19(25)22-8-7-13-5-6-15(20(26)27)9-16(13)11-22/h2-6,9-10,12H,7-8,11H2,1H3,(H,21,24)(H,26,27). The Hall–Kier alpha value is -3.75. The van der Waals surface area contributed by atoms with Crippen LogP contribution >= 0.6 is 0 Å². The second-order valence-electron chi connectivity index (χ2n) is 6.80.